The molecule has 1 aromatic rings. The molecule has 4 heteroatoms. The van der Waals surface area contributed by atoms with Gasteiger partial charge in [0.2, 0.25) is 0 Å². The zero-order valence-electron chi connectivity index (χ0n) is 9.91. The Bertz CT molecular complexity index is 360. The van der Waals surface area contributed by atoms with Crippen molar-refractivity contribution in [3.8, 4) is 0 Å². The van der Waals surface area contributed by atoms with E-state index in [9.17, 15) is 0 Å². The number of methoxy groups -OCH3 is 1. The van der Waals surface area contributed by atoms with Crippen molar-refractivity contribution >= 4 is 22.9 Å². The van der Waals surface area contributed by atoms with Crippen LogP contribution in [0.2, 0.25) is 0 Å². The van der Waals surface area contributed by atoms with Gasteiger partial charge in [0.1, 0.15) is 4.99 Å². The second-order valence-corrected chi connectivity index (χ2v) is 4.70. The molecule has 0 aliphatic carbocycles. The lowest BCUT2D eigenvalue weighted by Crippen LogP contribution is -2.32. The summed E-state index contributed by atoms with van der Waals surface area (Å²) < 4.78 is 5.32. The smallest absolute Gasteiger partial charge is 0.103 e. The first-order valence-electron chi connectivity index (χ1n) is 5.13. The van der Waals surface area contributed by atoms with Crippen LogP contribution in [0.1, 0.15) is 19.4 Å². The van der Waals surface area contributed by atoms with Gasteiger partial charge in [0.15, 0.2) is 0 Å². The minimum absolute atomic E-state index is 0.179. The third-order valence-corrected chi connectivity index (χ3v) is 2.68. The highest BCUT2D eigenvalue weighted by Gasteiger charge is 2.15. The summed E-state index contributed by atoms with van der Waals surface area (Å²) in [5.41, 5.74) is 7.25. The molecule has 0 saturated heterocycles. The van der Waals surface area contributed by atoms with E-state index >= 15 is 0 Å². The summed E-state index contributed by atoms with van der Waals surface area (Å²) >= 11 is 4.89. The van der Waals surface area contributed by atoms with Gasteiger partial charge in [-0.1, -0.05) is 12.2 Å². The number of hydrogen-bond acceptors (Lipinski definition) is 3. The molecule has 16 heavy (non-hydrogen) atoms. The standard InChI is InChI=1S/C12H18N2OS/c1-12(2,15-3)8-14-10-6-4-9(5-7-10)11(13)16/h4-7,14H,8H2,1-3H3,(H2,13,16). The molecule has 3 nitrogen and oxygen atoms in total. The maximum absolute atomic E-state index is 5.52. The topological polar surface area (TPSA) is 47.3 Å². The molecule has 0 radical (unpaired) electrons. The fourth-order valence-corrected chi connectivity index (χ4v) is 1.28. The predicted octanol–water partition coefficient (Wildman–Crippen LogP) is 2.16. The summed E-state index contributed by atoms with van der Waals surface area (Å²) in [6.45, 7) is 4.81. The summed E-state index contributed by atoms with van der Waals surface area (Å²) in [7, 11) is 1.71. The van der Waals surface area contributed by atoms with E-state index in [1.54, 1.807) is 7.11 Å². The molecule has 0 saturated carbocycles. The summed E-state index contributed by atoms with van der Waals surface area (Å²) in [5.74, 6) is 0. The second-order valence-electron chi connectivity index (χ2n) is 4.26. The highest BCUT2D eigenvalue weighted by atomic mass is 32.1. The first kappa shape index (κ1) is 12.9. The summed E-state index contributed by atoms with van der Waals surface area (Å²) in [6, 6.07) is 7.73. The lowest BCUT2D eigenvalue weighted by Gasteiger charge is -2.23. The van der Waals surface area contributed by atoms with Gasteiger partial charge in [-0.3, -0.25) is 0 Å². The number of thiocarbonyl (C=S) groups is 1. The van der Waals surface area contributed by atoms with Crippen molar-refractivity contribution in [2.45, 2.75) is 19.4 Å². The van der Waals surface area contributed by atoms with Gasteiger partial charge in [0.25, 0.3) is 0 Å². The van der Waals surface area contributed by atoms with Crippen molar-refractivity contribution in [2.24, 2.45) is 5.73 Å². The van der Waals surface area contributed by atoms with E-state index in [0.717, 1.165) is 17.8 Å². The second kappa shape index (κ2) is 5.27. The molecule has 0 heterocycles. The predicted molar refractivity (Wildman–Crippen MR) is 71.9 cm³/mol. The van der Waals surface area contributed by atoms with Gasteiger partial charge in [-0.25, -0.2) is 0 Å². The van der Waals surface area contributed by atoms with E-state index in [2.05, 4.69) is 5.32 Å². The minimum Gasteiger partial charge on any atom is -0.389 e. The quantitative estimate of drug-likeness (QED) is 0.772. The maximum Gasteiger partial charge on any atom is 0.103 e. The molecule has 1 aromatic carbocycles. The van der Waals surface area contributed by atoms with Crippen LogP contribution in [0, 0.1) is 0 Å². The van der Waals surface area contributed by atoms with Crippen molar-refractivity contribution in [3.05, 3.63) is 29.8 Å². The zero-order valence-corrected chi connectivity index (χ0v) is 10.7. The Hall–Kier alpha value is -1.13. The third kappa shape index (κ3) is 3.79. The molecule has 0 bridgehead atoms. The van der Waals surface area contributed by atoms with Crippen molar-refractivity contribution < 1.29 is 4.74 Å². The molecular weight excluding hydrogens is 220 g/mol. The molecular formula is C12H18N2OS. The fourth-order valence-electron chi connectivity index (χ4n) is 1.14. The van der Waals surface area contributed by atoms with E-state index < -0.39 is 0 Å². The van der Waals surface area contributed by atoms with Crippen molar-refractivity contribution in [2.75, 3.05) is 19.0 Å². The zero-order chi connectivity index (χ0) is 12.2. The molecule has 0 atom stereocenters. The van der Waals surface area contributed by atoms with Gasteiger partial charge in [-0.15, -0.1) is 0 Å². The van der Waals surface area contributed by atoms with Crippen LogP contribution in [0.15, 0.2) is 24.3 Å². The first-order chi connectivity index (χ1) is 7.44. The van der Waals surface area contributed by atoms with Gasteiger partial charge in [-0.05, 0) is 38.1 Å². The summed E-state index contributed by atoms with van der Waals surface area (Å²) in [5, 5.41) is 3.29. The number of nitrogens with two attached hydrogens (primary N) is 1. The molecule has 1 rings (SSSR count). The normalized spacial score (nSPS) is 11.2. The third-order valence-electron chi connectivity index (χ3n) is 2.44. The van der Waals surface area contributed by atoms with Crippen LogP contribution >= 0.6 is 12.2 Å². The Morgan fingerprint density at radius 2 is 1.94 bits per heavy atom. The molecule has 0 aliphatic heterocycles. The SMILES string of the molecule is COC(C)(C)CNc1ccc(C(N)=S)cc1. The number of benzene rings is 1. The van der Waals surface area contributed by atoms with Crippen LogP contribution in [0.3, 0.4) is 0 Å². The van der Waals surface area contributed by atoms with E-state index in [0.29, 0.717) is 4.99 Å². The van der Waals surface area contributed by atoms with E-state index in [1.165, 1.54) is 0 Å². The average molecular weight is 238 g/mol. The monoisotopic (exact) mass is 238 g/mol. The summed E-state index contributed by atoms with van der Waals surface area (Å²) in [4.78, 5) is 0.420. The lowest BCUT2D eigenvalue weighted by atomic mass is 10.1. The number of anilines is 1. The van der Waals surface area contributed by atoms with Crippen LogP contribution in [-0.4, -0.2) is 24.2 Å². The van der Waals surface area contributed by atoms with E-state index in [4.69, 9.17) is 22.7 Å². The molecule has 0 amide bonds. The van der Waals surface area contributed by atoms with Gasteiger partial charge in [0, 0.05) is 24.9 Å². The highest BCUT2D eigenvalue weighted by molar-refractivity contribution is 7.80. The van der Waals surface area contributed by atoms with Crippen LogP contribution in [-0.2, 0) is 4.74 Å². The minimum atomic E-state index is -0.179. The van der Waals surface area contributed by atoms with Gasteiger partial charge in [0.05, 0.1) is 5.60 Å². The van der Waals surface area contributed by atoms with Crippen LogP contribution < -0.4 is 11.1 Å². The summed E-state index contributed by atoms with van der Waals surface area (Å²) in [6.07, 6.45) is 0. The van der Waals surface area contributed by atoms with Crippen molar-refractivity contribution in [1.82, 2.24) is 0 Å². The van der Waals surface area contributed by atoms with E-state index in [1.807, 2.05) is 38.1 Å². The number of rotatable bonds is 5. The Balaban J connectivity index is 2.59. The van der Waals surface area contributed by atoms with Crippen molar-refractivity contribution in [3.63, 3.8) is 0 Å². The number of hydrogen-bond donors (Lipinski definition) is 2. The largest absolute Gasteiger partial charge is 0.389 e. The fraction of sp³-hybridized carbons (Fsp3) is 0.417. The maximum atomic E-state index is 5.52. The molecule has 0 aliphatic rings. The average Bonchev–Trinajstić information content (AvgIpc) is 2.27. The Morgan fingerprint density at radius 3 is 2.38 bits per heavy atom. The van der Waals surface area contributed by atoms with Gasteiger partial charge < -0.3 is 15.8 Å². The molecule has 0 unspecified atom stereocenters. The molecule has 3 N–H and O–H groups in total. The first-order valence-corrected chi connectivity index (χ1v) is 5.54. The number of nitrogens with one attached hydrogen (secondary N) is 1. The molecule has 0 fully saturated rings. The molecule has 88 valence electrons. The molecule has 0 aromatic heterocycles. The van der Waals surface area contributed by atoms with Crippen LogP contribution in [0.5, 0.6) is 0 Å². The van der Waals surface area contributed by atoms with Crippen molar-refractivity contribution in [1.29, 1.82) is 0 Å². The van der Waals surface area contributed by atoms with Crippen LogP contribution in [0.25, 0.3) is 0 Å². The lowest BCUT2D eigenvalue weighted by molar-refractivity contribution is 0.0344. The van der Waals surface area contributed by atoms with Gasteiger partial charge in [-0.2, -0.15) is 0 Å². The van der Waals surface area contributed by atoms with Crippen LogP contribution in [0.4, 0.5) is 5.69 Å². The highest BCUT2D eigenvalue weighted by Crippen LogP contribution is 2.13. The number of ether oxygens (including phenoxy) is 1. The van der Waals surface area contributed by atoms with Gasteiger partial charge >= 0.3 is 0 Å². The Morgan fingerprint density at radius 1 is 1.38 bits per heavy atom. The molecule has 0 spiro atoms. The van der Waals surface area contributed by atoms with E-state index in [-0.39, 0.29) is 5.60 Å². The Kier molecular flexibility index (Phi) is 4.26. The Labute approximate surface area is 102 Å².